The Bertz CT molecular complexity index is 634. The highest BCUT2D eigenvalue weighted by molar-refractivity contribution is 7.90. The lowest BCUT2D eigenvalue weighted by Crippen LogP contribution is -2.05. The van der Waals surface area contributed by atoms with Crippen molar-refractivity contribution in [3.8, 4) is 0 Å². The molecule has 0 amide bonds. The van der Waals surface area contributed by atoms with Gasteiger partial charge in [-0.3, -0.25) is 0 Å². The maximum absolute atomic E-state index is 12.7. The van der Waals surface area contributed by atoms with Crippen LogP contribution in [-0.2, 0) is 15.6 Å². The molecule has 2 rings (SSSR count). The van der Waals surface area contributed by atoms with Gasteiger partial charge in [-0.2, -0.15) is 0 Å². The Morgan fingerprint density at radius 3 is 2.06 bits per heavy atom. The second kappa shape index (κ2) is 4.78. The van der Waals surface area contributed by atoms with Gasteiger partial charge < -0.3 is 5.73 Å². The number of hydrogen-bond donors (Lipinski definition) is 1. The van der Waals surface area contributed by atoms with E-state index in [9.17, 15) is 12.8 Å². The second-order valence-corrected chi connectivity index (χ2v) is 5.94. The number of halogens is 1. The Labute approximate surface area is 105 Å². The summed E-state index contributed by atoms with van der Waals surface area (Å²) in [4.78, 5) is 0.112. The summed E-state index contributed by atoms with van der Waals surface area (Å²) in [6.07, 6.45) is 0. The molecule has 0 aromatic heterocycles. The lowest BCUT2D eigenvalue weighted by Gasteiger charge is -2.05. The van der Waals surface area contributed by atoms with Crippen LogP contribution < -0.4 is 5.73 Å². The zero-order chi connectivity index (χ0) is 13.2. The smallest absolute Gasteiger partial charge is 0.182 e. The van der Waals surface area contributed by atoms with Gasteiger partial charge in [-0.25, -0.2) is 12.8 Å². The molecule has 94 valence electrons. The van der Waals surface area contributed by atoms with Crippen LogP contribution in [0.4, 0.5) is 10.1 Å². The van der Waals surface area contributed by atoms with Crippen molar-refractivity contribution in [3.05, 3.63) is 59.9 Å². The van der Waals surface area contributed by atoms with Crippen molar-refractivity contribution >= 4 is 15.5 Å². The van der Waals surface area contributed by atoms with Gasteiger partial charge in [0.05, 0.1) is 10.6 Å². The minimum atomic E-state index is -3.45. The molecule has 0 aliphatic rings. The molecule has 0 spiro atoms. The van der Waals surface area contributed by atoms with Crippen molar-refractivity contribution in [3.63, 3.8) is 0 Å². The molecule has 0 heterocycles. The number of nitrogens with two attached hydrogens (primary N) is 1. The van der Waals surface area contributed by atoms with Crippen LogP contribution in [0.1, 0.15) is 5.56 Å². The van der Waals surface area contributed by atoms with E-state index in [4.69, 9.17) is 5.73 Å². The minimum absolute atomic E-state index is 0.112. The van der Waals surface area contributed by atoms with E-state index >= 15 is 0 Å². The van der Waals surface area contributed by atoms with Crippen LogP contribution in [0.25, 0.3) is 0 Å². The Hall–Kier alpha value is -1.88. The maximum Gasteiger partial charge on any atom is 0.182 e. The lowest BCUT2D eigenvalue weighted by atomic mass is 10.2. The van der Waals surface area contributed by atoms with Crippen LogP contribution in [0.5, 0.6) is 0 Å². The third-order valence-electron chi connectivity index (χ3n) is 2.51. The van der Waals surface area contributed by atoms with Gasteiger partial charge in [0, 0.05) is 5.69 Å². The van der Waals surface area contributed by atoms with E-state index in [0.717, 1.165) is 12.1 Å². The number of rotatable bonds is 3. The Morgan fingerprint density at radius 1 is 0.944 bits per heavy atom. The van der Waals surface area contributed by atoms with Gasteiger partial charge in [-0.15, -0.1) is 0 Å². The van der Waals surface area contributed by atoms with E-state index in [1.807, 2.05) is 0 Å². The molecule has 0 fully saturated rings. The second-order valence-electron chi connectivity index (χ2n) is 3.95. The zero-order valence-corrected chi connectivity index (χ0v) is 10.3. The first-order valence-electron chi connectivity index (χ1n) is 5.30. The first-order valence-corrected chi connectivity index (χ1v) is 6.95. The fraction of sp³-hybridized carbons (Fsp3) is 0.0769. The Balaban J connectivity index is 2.27. The van der Waals surface area contributed by atoms with E-state index in [-0.39, 0.29) is 10.6 Å². The van der Waals surface area contributed by atoms with E-state index in [0.29, 0.717) is 11.3 Å². The fourth-order valence-electron chi connectivity index (χ4n) is 1.56. The van der Waals surface area contributed by atoms with Gasteiger partial charge in [0.25, 0.3) is 0 Å². The summed E-state index contributed by atoms with van der Waals surface area (Å²) in [5, 5.41) is 0. The molecule has 5 heteroatoms. The van der Waals surface area contributed by atoms with E-state index in [1.165, 1.54) is 12.1 Å². The first-order chi connectivity index (χ1) is 8.47. The molecule has 0 atom stereocenters. The van der Waals surface area contributed by atoms with Crippen molar-refractivity contribution in [1.82, 2.24) is 0 Å². The van der Waals surface area contributed by atoms with Crippen LogP contribution in [0, 0.1) is 5.82 Å². The number of sulfone groups is 1. The van der Waals surface area contributed by atoms with Gasteiger partial charge in [-0.1, -0.05) is 12.1 Å². The van der Waals surface area contributed by atoms with Crippen molar-refractivity contribution < 1.29 is 12.8 Å². The average molecular weight is 265 g/mol. The van der Waals surface area contributed by atoms with Gasteiger partial charge >= 0.3 is 0 Å². The fourth-order valence-corrected chi connectivity index (χ4v) is 2.91. The van der Waals surface area contributed by atoms with Crippen molar-refractivity contribution in [2.75, 3.05) is 5.73 Å². The minimum Gasteiger partial charge on any atom is -0.399 e. The highest BCUT2D eigenvalue weighted by Gasteiger charge is 2.15. The normalized spacial score (nSPS) is 11.4. The molecule has 0 unspecified atom stereocenters. The molecule has 2 N–H and O–H groups in total. The molecule has 0 saturated carbocycles. The summed E-state index contributed by atoms with van der Waals surface area (Å²) in [7, 11) is -3.45. The average Bonchev–Trinajstić information content (AvgIpc) is 2.32. The summed E-state index contributed by atoms with van der Waals surface area (Å²) in [6, 6.07) is 11.4. The first kappa shape index (κ1) is 12.6. The van der Waals surface area contributed by atoms with Crippen LogP contribution in [0.15, 0.2) is 53.4 Å². The monoisotopic (exact) mass is 265 g/mol. The molecule has 18 heavy (non-hydrogen) atoms. The predicted molar refractivity (Wildman–Crippen MR) is 68.1 cm³/mol. The topological polar surface area (TPSA) is 60.2 Å². The summed E-state index contributed by atoms with van der Waals surface area (Å²) < 4.78 is 36.8. The van der Waals surface area contributed by atoms with E-state index in [1.54, 1.807) is 24.3 Å². The van der Waals surface area contributed by atoms with Crippen LogP contribution in [0.3, 0.4) is 0 Å². The third kappa shape index (κ3) is 2.87. The Kier molecular flexibility index (Phi) is 3.34. The van der Waals surface area contributed by atoms with Gasteiger partial charge in [0.1, 0.15) is 5.82 Å². The van der Waals surface area contributed by atoms with Crippen molar-refractivity contribution in [2.24, 2.45) is 0 Å². The molecule has 0 aliphatic carbocycles. The molecule has 0 radical (unpaired) electrons. The SMILES string of the molecule is Nc1ccc(CS(=O)(=O)c2ccc(F)cc2)cc1. The molecule has 2 aromatic rings. The highest BCUT2D eigenvalue weighted by Crippen LogP contribution is 2.17. The zero-order valence-electron chi connectivity index (χ0n) is 9.51. The number of nitrogen functional groups attached to an aromatic ring is 1. The molecule has 2 aromatic carbocycles. The third-order valence-corrected chi connectivity index (χ3v) is 4.21. The lowest BCUT2D eigenvalue weighted by molar-refractivity contribution is 0.594. The number of anilines is 1. The number of hydrogen-bond acceptors (Lipinski definition) is 3. The standard InChI is InChI=1S/C13H12FNO2S/c14-11-3-7-13(8-4-11)18(16,17)9-10-1-5-12(15)6-2-10/h1-8H,9,15H2. The molecule has 0 saturated heterocycles. The van der Waals surface area contributed by atoms with Crippen LogP contribution in [0.2, 0.25) is 0 Å². The van der Waals surface area contributed by atoms with Crippen molar-refractivity contribution in [2.45, 2.75) is 10.6 Å². The summed E-state index contributed by atoms with van der Waals surface area (Å²) in [5.41, 5.74) is 6.76. The van der Waals surface area contributed by atoms with Gasteiger partial charge in [0.15, 0.2) is 9.84 Å². The largest absolute Gasteiger partial charge is 0.399 e. The molecule has 0 aliphatic heterocycles. The summed E-state index contributed by atoms with van der Waals surface area (Å²) in [5.74, 6) is -0.583. The molecular formula is C13H12FNO2S. The highest BCUT2D eigenvalue weighted by atomic mass is 32.2. The van der Waals surface area contributed by atoms with Crippen molar-refractivity contribution in [1.29, 1.82) is 0 Å². The van der Waals surface area contributed by atoms with Crippen LogP contribution >= 0.6 is 0 Å². The summed E-state index contributed by atoms with van der Waals surface area (Å²) >= 11 is 0. The van der Waals surface area contributed by atoms with Gasteiger partial charge in [0.2, 0.25) is 0 Å². The molecular weight excluding hydrogens is 253 g/mol. The molecule has 3 nitrogen and oxygen atoms in total. The van der Waals surface area contributed by atoms with Crippen LogP contribution in [-0.4, -0.2) is 8.42 Å². The van der Waals surface area contributed by atoms with E-state index < -0.39 is 15.7 Å². The predicted octanol–water partition coefficient (Wildman–Crippen LogP) is 2.38. The Morgan fingerprint density at radius 2 is 1.50 bits per heavy atom. The van der Waals surface area contributed by atoms with Gasteiger partial charge in [-0.05, 0) is 42.0 Å². The quantitative estimate of drug-likeness (QED) is 0.684. The molecule has 0 bridgehead atoms. The maximum atomic E-state index is 12.7. The van der Waals surface area contributed by atoms with E-state index in [2.05, 4.69) is 0 Å². The summed E-state index contributed by atoms with van der Waals surface area (Å²) in [6.45, 7) is 0. The number of benzene rings is 2.